The van der Waals surface area contributed by atoms with Crippen LogP contribution < -0.4 is 0 Å². The average Bonchev–Trinajstić information content (AvgIpc) is 3.32. The molecule has 0 amide bonds. The maximum Gasteiger partial charge on any atom is 0.187 e. The van der Waals surface area contributed by atoms with Gasteiger partial charge in [0, 0.05) is 0 Å². The highest BCUT2D eigenvalue weighted by Gasteiger charge is 2.57. The molecule has 6 aliphatic rings. The van der Waals surface area contributed by atoms with Gasteiger partial charge in [-0.3, -0.25) is 0 Å². The van der Waals surface area contributed by atoms with Gasteiger partial charge < -0.3 is 154 Å². The summed E-state index contributed by atoms with van der Waals surface area (Å²) in [4.78, 5) is 0. The molecule has 6 fully saturated rings. The Labute approximate surface area is 378 Å². The Morgan fingerprint density at radius 2 is 0.552 bits per heavy atom. The first-order chi connectivity index (χ1) is 31.7. The molecule has 6 saturated heterocycles. The van der Waals surface area contributed by atoms with E-state index in [4.69, 9.17) is 52.1 Å². The van der Waals surface area contributed by atoms with Crippen LogP contribution in [0.2, 0.25) is 0 Å². The molecule has 392 valence electrons. The van der Waals surface area contributed by atoms with Gasteiger partial charge in [0.1, 0.15) is 146 Å². The van der Waals surface area contributed by atoms with E-state index in [9.17, 15) is 102 Å². The van der Waals surface area contributed by atoms with Crippen LogP contribution in [0, 0.1) is 0 Å². The standard InChI is InChI=1S/C36H62O31/c37-1-7-13(42)18(47)23(52)32(59-7)65-28-26(55)31(56)58-12(6-57-35-29(21(50)16(45)10(4-40)62-35)66-33-24(53)19(48)14(43)8(2-38)60-33)27(28)64-36-30(22(51)17(46)11(5-41)63-36)67-34-25(54)20(49)15(44)9(3-39)61-34/h7-56H,1-6H2/t7?,8?,9?,10?,11?,12?,13-,14-,15-,16-,17-,18+,19+,20+,21+,22+,23?,24?,25?,26?,27-,28-,29?,30?,31+,32+,33-,34+,35-,36+/m1/s1. The molecule has 0 saturated carbocycles. The molecule has 0 aromatic heterocycles. The van der Waals surface area contributed by atoms with Crippen molar-refractivity contribution in [3.63, 3.8) is 0 Å². The van der Waals surface area contributed by atoms with Gasteiger partial charge >= 0.3 is 0 Å². The number of aliphatic hydroxyl groups is 20. The van der Waals surface area contributed by atoms with Crippen molar-refractivity contribution in [3.8, 4) is 0 Å². The zero-order chi connectivity index (χ0) is 49.3. The van der Waals surface area contributed by atoms with Crippen LogP contribution in [0.3, 0.4) is 0 Å². The molecule has 0 aliphatic carbocycles. The molecule has 0 radical (unpaired) electrons. The second-order valence-corrected chi connectivity index (χ2v) is 16.8. The van der Waals surface area contributed by atoms with Crippen molar-refractivity contribution in [2.24, 2.45) is 0 Å². The average molecular weight is 991 g/mol. The largest absolute Gasteiger partial charge is 0.394 e. The molecular formula is C36H62O31. The van der Waals surface area contributed by atoms with Crippen LogP contribution in [0.4, 0.5) is 0 Å². The number of rotatable bonds is 16. The van der Waals surface area contributed by atoms with E-state index in [1.54, 1.807) is 0 Å². The van der Waals surface area contributed by atoms with Gasteiger partial charge in [-0.15, -0.1) is 0 Å². The van der Waals surface area contributed by atoms with E-state index in [2.05, 4.69) is 0 Å². The molecule has 30 atom stereocenters. The second kappa shape index (κ2) is 23.5. The van der Waals surface area contributed by atoms with E-state index in [0.29, 0.717) is 0 Å². The summed E-state index contributed by atoms with van der Waals surface area (Å²) in [6, 6.07) is 0. The van der Waals surface area contributed by atoms with Crippen molar-refractivity contribution >= 4 is 0 Å². The van der Waals surface area contributed by atoms with Gasteiger partial charge in [-0.2, -0.15) is 0 Å². The third kappa shape index (κ3) is 11.4. The number of aliphatic hydroxyl groups excluding tert-OH is 20. The molecule has 6 aliphatic heterocycles. The first kappa shape index (κ1) is 55.1. The van der Waals surface area contributed by atoms with Gasteiger partial charge in [0.25, 0.3) is 0 Å². The van der Waals surface area contributed by atoms with Crippen LogP contribution in [0.15, 0.2) is 0 Å². The molecule has 0 spiro atoms. The lowest BCUT2D eigenvalue weighted by atomic mass is 9.95. The predicted molar refractivity (Wildman–Crippen MR) is 199 cm³/mol. The zero-order valence-electron chi connectivity index (χ0n) is 35.0. The van der Waals surface area contributed by atoms with E-state index in [1.807, 2.05) is 0 Å². The molecule has 0 aromatic rings. The Morgan fingerprint density at radius 1 is 0.254 bits per heavy atom. The fourth-order valence-electron chi connectivity index (χ4n) is 8.36. The van der Waals surface area contributed by atoms with Crippen molar-refractivity contribution in [3.05, 3.63) is 0 Å². The summed E-state index contributed by atoms with van der Waals surface area (Å²) in [6.45, 7) is -5.80. The van der Waals surface area contributed by atoms with Gasteiger partial charge in [0.15, 0.2) is 37.7 Å². The van der Waals surface area contributed by atoms with E-state index in [1.165, 1.54) is 0 Å². The van der Waals surface area contributed by atoms with Crippen molar-refractivity contribution in [1.82, 2.24) is 0 Å². The van der Waals surface area contributed by atoms with Gasteiger partial charge in [-0.25, -0.2) is 0 Å². The Balaban J connectivity index is 1.34. The van der Waals surface area contributed by atoms with E-state index < -0.39 is 224 Å². The molecule has 0 aromatic carbocycles. The minimum Gasteiger partial charge on any atom is -0.394 e. The molecule has 31 heteroatoms. The Morgan fingerprint density at radius 3 is 0.925 bits per heavy atom. The van der Waals surface area contributed by atoms with Crippen LogP contribution in [-0.4, -0.2) is 326 Å². The topological polar surface area (TPSA) is 506 Å². The van der Waals surface area contributed by atoms with Crippen molar-refractivity contribution in [1.29, 1.82) is 0 Å². The fourth-order valence-corrected chi connectivity index (χ4v) is 8.36. The van der Waals surface area contributed by atoms with Crippen LogP contribution in [0.1, 0.15) is 0 Å². The summed E-state index contributed by atoms with van der Waals surface area (Å²) in [6.07, 6.45) is -59.5. The maximum atomic E-state index is 11.4. The lowest BCUT2D eigenvalue weighted by Gasteiger charge is -2.50. The first-order valence-electron chi connectivity index (χ1n) is 21.1. The van der Waals surface area contributed by atoms with E-state index in [0.717, 1.165) is 0 Å². The summed E-state index contributed by atoms with van der Waals surface area (Å²) in [5.74, 6) is 0. The minimum atomic E-state index is -2.32. The molecular weight excluding hydrogens is 928 g/mol. The molecule has 12 unspecified atom stereocenters. The van der Waals surface area contributed by atoms with Crippen LogP contribution in [-0.2, 0) is 52.1 Å². The molecule has 31 nitrogen and oxygen atoms in total. The lowest BCUT2D eigenvalue weighted by molar-refractivity contribution is -0.403. The fraction of sp³-hybridized carbons (Fsp3) is 1.00. The summed E-state index contributed by atoms with van der Waals surface area (Å²) in [5.41, 5.74) is 0. The Bertz CT molecular complexity index is 1500. The summed E-state index contributed by atoms with van der Waals surface area (Å²) < 4.78 is 62.4. The summed E-state index contributed by atoms with van der Waals surface area (Å²) in [7, 11) is 0. The number of ether oxygens (including phenoxy) is 11. The zero-order valence-corrected chi connectivity index (χ0v) is 35.0. The predicted octanol–water partition coefficient (Wildman–Crippen LogP) is -14.1. The van der Waals surface area contributed by atoms with Gasteiger partial charge in [-0.1, -0.05) is 0 Å². The van der Waals surface area contributed by atoms with Gasteiger partial charge in [0.05, 0.1) is 39.6 Å². The minimum absolute atomic E-state index is 0.904. The van der Waals surface area contributed by atoms with E-state index in [-0.39, 0.29) is 0 Å². The quantitative estimate of drug-likeness (QED) is 0.0683. The lowest BCUT2D eigenvalue weighted by Crippen LogP contribution is -2.68. The van der Waals surface area contributed by atoms with Gasteiger partial charge in [-0.05, 0) is 0 Å². The van der Waals surface area contributed by atoms with Crippen molar-refractivity contribution in [2.75, 3.05) is 39.6 Å². The third-order valence-electron chi connectivity index (χ3n) is 12.4. The summed E-state index contributed by atoms with van der Waals surface area (Å²) >= 11 is 0. The second-order valence-electron chi connectivity index (χ2n) is 16.8. The maximum absolute atomic E-state index is 11.4. The van der Waals surface area contributed by atoms with Gasteiger partial charge in [0.2, 0.25) is 0 Å². The summed E-state index contributed by atoms with van der Waals surface area (Å²) in [5, 5.41) is 210. The molecule has 6 rings (SSSR count). The molecule has 0 bridgehead atoms. The monoisotopic (exact) mass is 990 g/mol. The van der Waals surface area contributed by atoms with Crippen molar-refractivity contribution in [2.45, 2.75) is 184 Å². The molecule has 67 heavy (non-hydrogen) atoms. The molecule has 20 N–H and O–H groups in total. The highest BCUT2D eigenvalue weighted by molar-refractivity contribution is 4.99. The highest BCUT2D eigenvalue weighted by Crippen LogP contribution is 2.37. The van der Waals surface area contributed by atoms with Crippen LogP contribution >= 0.6 is 0 Å². The first-order valence-corrected chi connectivity index (χ1v) is 21.1. The van der Waals surface area contributed by atoms with Crippen molar-refractivity contribution < 1.29 is 154 Å². The third-order valence-corrected chi connectivity index (χ3v) is 12.4. The normalized spacial score (nSPS) is 53.4. The highest BCUT2D eigenvalue weighted by atomic mass is 16.8. The Hall–Kier alpha value is -1.24. The van der Waals surface area contributed by atoms with Crippen LogP contribution in [0.25, 0.3) is 0 Å². The smallest absolute Gasteiger partial charge is 0.187 e. The number of hydrogen-bond acceptors (Lipinski definition) is 31. The van der Waals surface area contributed by atoms with E-state index >= 15 is 0 Å². The number of hydrogen-bond donors (Lipinski definition) is 20. The Kier molecular flexibility index (Phi) is 19.4. The SMILES string of the molecule is OCC1O[C@H](OC2[C@H](OCC3O[C@H](O)C(O)[C@@H](O[C@@H]4OC(CO)[C@@H](O)[C@H](O)C4O)[C@@H]3O[C@@H]3OC(CO)[C@@H](O)[C@H](O)C3O[C@@H]3OC(CO)[C@@H](O)[C@H](O)C3O)OC(CO)[C@@H](O)[C@@H]2O)C(O)[C@@H](O)[C@@H]1O. The molecule has 6 heterocycles. The van der Waals surface area contributed by atoms with Crippen LogP contribution in [0.5, 0.6) is 0 Å².